The Bertz CT molecular complexity index is 1360. The number of hydrogen-bond acceptors (Lipinski definition) is 9. The highest BCUT2D eigenvalue weighted by atomic mass is 16.3. The maximum atomic E-state index is 13.8. The number of primary amides is 1. The molecule has 10 heteroatoms. The number of phenols is 1. The lowest BCUT2D eigenvalue weighted by atomic mass is 9.52. The maximum absolute atomic E-state index is 13.8. The van der Waals surface area contributed by atoms with E-state index in [2.05, 4.69) is 11.8 Å². The summed E-state index contributed by atoms with van der Waals surface area (Å²) in [5, 5.41) is 33.1. The van der Waals surface area contributed by atoms with E-state index in [1.165, 1.54) is 25.1 Å². The van der Waals surface area contributed by atoms with E-state index in [0.717, 1.165) is 19.3 Å². The highest BCUT2D eigenvalue weighted by molar-refractivity contribution is 6.32. The Balaban J connectivity index is 1.59. The predicted molar refractivity (Wildman–Crippen MR) is 136 cm³/mol. The molecule has 4 aliphatic rings. The van der Waals surface area contributed by atoms with Gasteiger partial charge in [0.2, 0.25) is 5.91 Å². The fourth-order valence-corrected chi connectivity index (χ4v) is 7.17. The molecule has 5 N–H and O–H groups in total. The summed E-state index contributed by atoms with van der Waals surface area (Å²) in [6.07, 6.45) is 3.91. The minimum absolute atomic E-state index is 0.0314. The predicted octanol–water partition coefficient (Wildman–Crippen LogP) is -0.0863. The summed E-state index contributed by atoms with van der Waals surface area (Å²) >= 11 is 0. The van der Waals surface area contributed by atoms with Gasteiger partial charge in [0.05, 0.1) is 17.5 Å². The molecule has 5 rings (SSSR count). The summed E-state index contributed by atoms with van der Waals surface area (Å²) < 4.78 is 0. The fourth-order valence-electron chi connectivity index (χ4n) is 7.17. The molecule has 2 unspecified atom stereocenters. The third-order valence-electron chi connectivity index (χ3n) is 9.06. The number of aromatic hydroxyl groups is 1. The smallest absolute Gasteiger partial charge is 0.235 e. The van der Waals surface area contributed by atoms with Crippen molar-refractivity contribution in [1.82, 2.24) is 4.90 Å². The summed E-state index contributed by atoms with van der Waals surface area (Å²) in [6.45, 7) is 0. The van der Waals surface area contributed by atoms with Crippen LogP contribution in [0.3, 0.4) is 0 Å². The van der Waals surface area contributed by atoms with Gasteiger partial charge in [-0.2, -0.15) is 0 Å². The first-order valence-electron chi connectivity index (χ1n) is 13.3. The van der Waals surface area contributed by atoms with Gasteiger partial charge in [-0.3, -0.25) is 28.9 Å². The highest BCUT2D eigenvalue weighted by Gasteiger charge is 2.69. The van der Waals surface area contributed by atoms with Crippen molar-refractivity contribution in [2.24, 2.45) is 29.4 Å². The van der Waals surface area contributed by atoms with Crippen LogP contribution in [0, 0.1) is 35.5 Å². The molecule has 0 bridgehead atoms. The largest absolute Gasteiger partial charge is 0.507 e. The molecule has 3 fully saturated rings. The van der Waals surface area contributed by atoms with Crippen molar-refractivity contribution in [3.63, 3.8) is 0 Å². The normalized spacial score (nSPS) is 33.5. The molecule has 0 saturated heterocycles. The number of nitrogens with zero attached hydrogens (tertiary/aromatic N) is 1. The van der Waals surface area contributed by atoms with Gasteiger partial charge in [-0.1, -0.05) is 18.3 Å². The average Bonchev–Trinajstić information content (AvgIpc) is 2.86. The average molecular weight is 537 g/mol. The number of likely N-dealkylation sites (N-methyl/N-ethyl adjacent to an activating group) is 1. The minimum atomic E-state index is -2.76. The number of carbonyl (C=O) groups excluding carboxylic acids is 5. The molecule has 206 valence electrons. The SMILES string of the molecule is CN(C)[C@@H]1C(=O)C(C(N)=O)C(=O)[C@@]2(O)C(=O)C3C(=O)c4c(O)ccc(C#CC5(O)CCCCC5)c4C[C@H]3C[C@@H]12. The molecular weight excluding hydrogens is 504 g/mol. The van der Waals surface area contributed by atoms with E-state index < -0.39 is 70.0 Å². The Morgan fingerprint density at radius 1 is 1.05 bits per heavy atom. The summed E-state index contributed by atoms with van der Waals surface area (Å²) in [5.41, 5.74) is 2.20. The van der Waals surface area contributed by atoms with E-state index >= 15 is 0 Å². The van der Waals surface area contributed by atoms with Crippen LogP contribution >= 0.6 is 0 Å². The Kier molecular flexibility index (Phi) is 6.53. The molecule has 0 radical (unpaired) electrons. The van der Waals surface area contributed by atoms with Gasteiger partial charge in [-0.25, -0.2) is 0 Å². The molecular formula is C29H32N2O8. The van der Waals surface area contributed by atoms with Crippen LogP contribution in [0.25, 0.3) is 0 Å². The maximum Gasteiger partial charge on any atom is 0.235 e. The number of ketones is 4. The van der Waals surface area contributed by atoms with Crippen molar-refractivity contribution in [3.8, 4) is 17.6 Å². The first kappa shape index (κ1) is 27.2. The van der Waals surface area contributed by atoms with Crippen LogP contribution in [0.1, 0.15) is 60.0 Å². The molecule has 0 aliphatic heterocycles. The van der Waals surface area contributed by atoms with Crippen molar-refractivity contribution >= 4 is 29.0 Å². The third kappa shape index (κ3) is 4.03. The van der Waals surface area contributed by atoms with Gasteiger partial charge in [-0.05, 0) is 76.2 Å². The first-order chi connectivity index (χ1) is 18.3. The molecule has 6 atom stereocenters. The Morgan fingerprint density at radius 2 is 1.72 bits per heavy atom. The Morgan fingerprint density at radius 3 is 2.33 bits per heavy atom. The van der Waals surface area contributed by atoms with E-state index in [0.29, 0.717) is 24.0 Å². The lowest BCUT2D eigenvalue weighted by molar-refractivity contribution is -0.181. The van der Waals surface area contributed by atoms with E-state index in [1.807, 2.05) is 0 Å². The number of carbonyl (C=O) groups is 5. The zero-order valence-electron chi connectivity index (χ0n) is 21.9. The standard InChI is InChI=1S/C29H32N2O8/c1-31(2)22-17-13-15-12-16-14(8-11-28(38)9-4-3-5-10-28)6-7-18(32)20(16)23(33)19(15)25(35)29(17,39)26(36)21(24(22)34)27(30)37/h6-7,15,17,19,21-22,32,38-39H,3-5,9-10,12-13H2,1-2H3,(H2,30,37)/t15-,17-,19?,21?,22-,29-/m0/s1. The number of phenolic OH excluding ortho intramolecular Hbond substituents is 1. The molecule has 10 nitrogen and oxygen atoms in total. The van der Waals surface area contributed by atoms with Crippen LogP contribution in [0.4, 0.5) is 0 Å². The van der Waals surface area contributed by atoms with Gasteiger partial charge in [0.25, 0.3) is 0 Å². The number of benzene rings is 1. The van der Waals surface area contributed by atoms with Crippen molar-refractivity contribution < 1.29 is 39.3 Å². The summed E-state index contributed by atoms with van der Waals surface area (Å²) in [7, 11) is 3.08. The van der Waals surface area contributed by atoms with Gasteiger partial charge >= 0.3 is 0 Å². The van der Waals surface area contributed by atoms with E-state index in [-0.39, 0.29) is 24.2 Å². The van der Waals surface area contributed by atoms with Crippen molar-refractivity contribution in [2.45, 2.75) is 62.2 Å². The Labute approximate surface area is 225 Å². The highest BCUT2D eigenvalue weighted by Crippen LogP contribution is 2.51. The van der Waals surface area contributed by atoms with Crippen LogP contribution in [0.2, 0.25) is 0 Å². The zero-order chi connectivity index (χ0) is 28.4. The molecule has 1 aromatic rings. The van der Waals surface area contributed by atoms with Gasteiger partial charge in [0, 0.05) is 11.5 Å². The van der Waals surface area contributed by atoms with Crippen LogP contribution in [-0.4, -0.2) is 80.6 Å². The van der Waals surface area contributed by atoms with Gasteiger partial charge in [-0.15, -0.1) is 0 Å². The fraction of sp³-hybridized carbons (Fsp3) is 0.552. The second kappa shape index (κ2) is 9.37. The van der Waals surface area contributed by atoms with Gasteiger partial charge in [0.1, 0.15) is 11.4 Å². The number of rotatable bonds is 2. The van der Waals surface area contributed by atoms with Crippen molar-refractivity contribution in [3.05, 3.63) is 28.8 Å². The number of Topliss-reactive ketones (excluding diaryl/α,β-unsaturated/α-hetero) is 4. The summed E-state index contributed by atoms with van der Waals surface area (Å²) in [6, 6.07) is 1.71. The molecule has 1 aromatic carbocycles. The summed E-state index contributed by atoms with van der Waals surface area (Å²) in [5.74, 6) is -4.94. The first-order valence-corrected chi connectivity index (χ1v) is 13.3. The number of fused-ring (bicyclic) bond motifs is 3. The molecule has 1 amide bonds. The lowest BCUT2D eigenvalue weighted by Crippen LogP contribution is -2.74. The quantitative estimate of drug-likeness (QED) is 0.297. The topological polar surface area (TPSA) is 175 Å². The van der Waals surface area contributed by atoms with Crippen LogP contribution in [0.5, 0.6) is 5.75 Å². The monoisotopic (exact) mass is 536 g/mol. The molecule has 39 heavy (non-hydrogen) atoms. The Hall–Kier alpha value is -3.39. The third-order valence-corrected chi connectivity index (χ3v) is 9.06. The van der Waals surface area contributed by atoms with Crippen molar-refractivity contribution in [1.29, 1.82) is 0 Å². The van der Waals surface area contributed by atoms with Gasteiger partial charge < -0.3 is 21.1 Å². The molecule has 0 spiro atoms. The number of aliphatic hydroxyl groups is 2. The zero-order valence-corrected chi connectivity index (χ0v) is 21.9. The second-order valence-corrected chi connectivity index (χ2v) is 11.6. The second-order valence-electron chi connectivity index (χ2n) is 11.6. The molecule has 0 heterocycles. The van der Waals surface area contributed by atoms with E-state index in [9.17, 15) is 39.3 Å². The lowest BCUT2D eigenvalue weighted by Gasteiger charge is -2.52. The molecule has 0 aromatic heterocycles. The molecule has 4 aliphatic carbocycles. The number of amides is 1. The van der Waals surface area contributed by atoms with Crippen LogP contribution in [0.15, 0.2) is 12.1 Å². The van der Waals surface area contributed by atoms with Crippen LogP contribution in [-0.2, 0) is 25.6 Å². The van der Waals surface area contributed by atoms with E-state index in [1.54, 1.807) is 6.07 Å². The number of nitrogens with two attached hydrogens (primary N) is 1. The van der Waals surface area contributed by atoms with E-state index in [4.69, 9.17) is 5.73 Å². The summed E-state index contributed by atoms with van der Waals surface area (Å²) in [4.78, 5) is 67.6. The van der Waals surface area contributed by atoms with Crippen LogP contribution < -0.4 is 5.73 Å². The van der Waals surface area contributed by atoms with Crippen molar-refractivity contribution in [2.75, 3.05) is 14.1 Å². The van der Waals surface area contributed by atoms with Gasteiger partial charge in [0.15, 0.2) is 34.7 Å². The number of hydrogen-bond donors (Lipinski definition) is 4. The molecule has 3 saturated carbocycles. The minimum Gasteiger partial charge on any atom is -0.507 e.